The number of fused-ring (bicyclic) bond motifs is 1. The van der Waals surface area contributed by atoms with Gasteiger partial charge in [0.2, 0.25) is 5.91 Å². The third-order valence-electron chi connectivity index (χ3n) is 3.61. The molecule has 0 aliphatic carbocycles. The van der Waals surface area contributed by atoms with Crippen LogP contribution in [0.25, 0.3) is 0 Å². The molecular weight excluding hydrogens is 343 g/mol. The molecule has 0 atom stereocenters. The topological polar surface area (TPSA) is 66.5 Å². The molecule has 0 bridgehead atoms. The van der Waals surface area contributed by atoms with Gasteiger partial charge in [-0.15, -0.1) is 0 Å². The van der Waals surface area contributed by atoms with Gasteiger partial charge in [-0.25, -0.2) is 12.8 Å². The van der Waals surface area contributed by atoms with Crippen molar-refractivity contribution in [1.82, 2.24) is 0 Å². The van der Waals surface area contributed by atoms with Crippen LogP contribution >= 0.6 is 11.6 Å². The molecule has 8 heteroatoms. The Labute approximate surface area is 137 Å². The van der Waals surface area contributed by atoms with E-state index in [-0.39, 0.29) is 22.2 Å². The number of hydrogen-bond acceptors (Lipinski definition) is 3. The Kier molecular flexibility index (Phi) is 3.77. The van der Waals surface area contributed by atoms with Gasteiger partial charge in [0, 0.05) is 18.4 Å². The highest BCUT2D eigenvalue weighted by atomic mass is 35.5. The van der Waals surface area contributed by atoms with Crippen molar-refractivity contribution in [3.05, 3.63) is 52.8 Å². The van der Waals surface area contributed by atoms with Crippen molar-refractivity contribution in [2.75, 3.05) is 16.7 Å². The summed E-state index contributed by atoms with van der Waals surface area (Å²) in [7, 11) is -2.28. The van der Waals surface area contributed by atoms with E-state index in [1.807, 2.05) is 0 Å². The molecule has 0 saturated heterocycles. The van der Waals surface area contributed by atoms with Crippen LogP contribution in [0.15, 0.2) is 41.3 Å². The minimum atomic E-state index is -3.94. The number of anilines is 2. The maximum Gasteiger partial charge on any atom is 0.261 e. The molecule has 0 aromatic heterocycles. The summed E-state index contributed by atoms with van der Waals surface area (Å²) >= 11 is 5.56. The monoisotopic (exact) mass is 354 g/mol. The van der Waals surface area contributed by atoms with Crippen molar-refractivity contribution in [2.24, 2.45) is 0 Å². The molecule has 0 spiro atoms. The number of halogens is 2. The number of likely N-dealkylation sites (N-methyl/N-ethyl adjacent to an activating group) is 1. The molecule has 5 nitrogen and oxygen atoms in total. The first kappa shape index (κ1) is 15.8. The molecule has 23 heavy (non-hydrogen) atoms. The highest BCUT2D eigenvalue weighted by molar-refractivity contribution is 7.92. The standard InChI is InChI=1S/C15H12ClFN2O3S/c1-19-14-5-2-10(6-9(14)7-15(19)20)18-23(21,22)11-3-4-12(16)13(17)8-11/h2-6,8,18H,7H2,1H3. The molecule has 3 rings (SSSR count). The number of amides is 1. The molecule has 0 saturated carbocycles. The molecule has 1 aliphatic heterocycles. The van der Waals surface area contributed by atoms with E-state index in [9.17, 15) is 17.6 Å². The van der Waals surface area contributed by atoms with Crippen LogP contribution in [0.1, 0.15) is 5.56 Å². The number of carbonyl (C=O) groups is 1. The number of nitrogens with zero attached hydrogens (tertiary/aromatic N) is 1. The van der Waals surface area contributed by atoms with Crippen LogP contribution in [0.5, 0.6) is 0 Å². The summed E-state index contributed by atoms with van der Waals surface area (Å²) in [5.41, 5.74) is 1.79. The fourth-order valence-electron chi connectivity index (χ4n) is 2.39. The molecule has 1 amide bonds. The van der Waals surface area contributed by atoms with Gasteiger partial charge in [0.15, 0.2) is 0 Å². The first-order chi connectivity index (χ1) is 10.8. The minimum Gasteiger partial charge on any atom is -0.315 e. The third kappa shape index (κ3) is 2.89. The molecular formula is C15H12ClFN2O3S. The van der Waals surface area contributed by atoms with E-state index in [2.05, 4.69) is 4.72 Å². The average molecular weight is 355 g/mol. The molecule has 0 unspecified atom stereocenters. The fourth-order valence-corrected chi connectivity index (χ4v) is 3.57. The second-order valence-electron chi connectivity index (χ2n) is 5.15. The van der Waals surface area contributed by atoms with Crippen LogP contribution in [-0.4, -0.2) is 21.4 Å². The van der Waals surface area contributed by atoms with E-state index >= 15 is 0 Å². The van der Waals surface area contributed by atoms with E-state index in [0.717, 1.165) is 17.3 Å². The molecule has 120 valence electrons. The number of rotatable bonds is 3. The lowest BCUT2D eigenvalue weighted by Gasteiger charge is -2.12. The number of nitrogens with one attached hydrogen (secondary N) is 1. The zero-order valence-corrected chi connectivity index (χ0v) is 13.6. The second kappa shape index (κ2) is 5.50. The minimum absolute atomic E-state index is 0.0558. The summed E-state index contributed by atoms with van der Waals surface area (Å²) in [6.07, 6.45) is 0.219. The Morgan fingerprint density at radius 1 is 1.22 bits per heavy atom. The average Bonchev–Trinajstić information content (AvgIpc) is 2.76. The predicted molar refractivity (Wildman–Crippen MR) is 85.8 cm³/mol. The highest BCUT2D eigenvalue weighted by Crippen LogP contribution is 2.31. The van der Waals surface area contributed by atoms with E-state index in [1.54, 1.807) is 25.2 Å². The van der Waals surface area contributed by atoms with Gasteiger partial charge in [-0.2, -0.15) is 0 Å². The number of sulfonamides is 1. The van der Waals surface area contributed by atoms with Crippen molar-refractivity contribution in [1.29, 1.82) is 0 Å². The van der Waals surface area contributed by atoms with Gasteiger partial charge in [0.05, 0.1) is 16.3 Å². The highest BCUT2D eigenvalue weighted by Gasteiger charge is 2.25. The van der Waals surface area contributed by atoms with Crippen LogP contribution in [0.3, 0.4) is 0 Å². The van der Waals surface area contributed by atoms with Crippen molar-refractivity contribution in [3.8, 4) is 0 Å². The number of carbonyl (C=O) groups excluding carboxylic acids is 1. The Hall–Kier alpha value is -2.12. The normalized spacial score (nSPS) is 14.0. The summed E-state index contributed by atoms with van der Waals surface area (Å²) in [5.74, 6) is -0.865. The third-order valence-corrected chi connectivity index (χ3v) is 5.30. The molecule has 2 aromatic carbocycles. The largest absolute Gasteiger partial charge is 0.315 e. The lowest BCUT2D eigenvalue weighted by molar-refractivity contribution is -0.117. The SMILES string of the molecule is CN1C(=O)Cc2cc(NS(=O)(=O)c3ccc(Cl)c(F)c3)ccc21. The summed E-state index contributed by atoms with van der Waals surface area (Å²) in [6, 6.07) is 8.08. The van der Waals surface area contributed by atoms with Gasteiger partial charge >= 0.3 is 0 Å². The van der Waals surface area contributed by atoms with Crippen molar-refractivity contribution >= 4 is 38.9 Å². The summed E-state index contributed by atoms with van der Waals surface area (Å²) in [4.78, 5) is 12.9. The molecule has 1 heterocycles. The molecule has 1 N–H and O–H groups in total. The van der Waals surface area contributed by atoms with Crippen LogP contribution < -0.4 is 9.62 Å². The smallest absolute Gasteiger partial charge is 0.261 e. The maximum atomic E-state index is 13.4. The van der Waals surface area contributed by atoms with Crippen LogP contribution in [0.2, 0.25) is 5.02 Å². The van der Waals surface area contributed by atoms with Crippen molar-refractivity contribution in [2.45, 2.75) is 11.3 Å². The summed E-state index contributed by atoms with van der Waals surface area (Å²) < 4.78 is 40.4. The van der Waals surface area contributed by atoms with E-state index < -0.39 is 15.8 Å². The Balaban J connectivity index is 1.91. The summed E-state index contributed by atoms with van der Waals surface area (Å²) in [6.45, 7) is 0. The van der Waals surface area contributed by atoms with Crippen LogP contribution in [0, 0.1) is 5.82 Å². The lowest BCUT2D eigenvalue weighted by atomic mass is 10.1. The zero-order valence-electron chi connectivity index (χ0n) is 12.0. The first-order valence-electron chi connectivity index (χ1n) is 6.65. The van der Waals surface area contributed by atoms with Gasteiger partial charge < -0.3 is 4.90 Å². The fraction of sp³-hybridized carbons (Fsp3) is 0.133. The van der Waals surface area contributed by atoms with Gasteiger partial charge in [0.25, 0.3) is 10.0 Å². The van der Waals surface area contributed by atoms with E-state index in [1.165, 1.54) is 17.0 Å². The van der Waals surface area contributed by atoms with Gasteiger partial charge in [-0.3, -0.25) is 9.52 Å². The molecule has 1 aliphatic rings. The van der Waals surface area contributed by atoms with Crippen LogP contribution in [0.4, 0.5) is 15.8 Å². The van der Waals surface area contributed by atoms with Gasteiger partial charge in [-0.05, 0) is 42.0 Å². The van der Waals surface area contributed by atoms with Gasteiger partial charge in [0.1, 0.15) is 5.82 Å². The maximum absolute atomic E-state index is 13.4. The second-order valence-corrected chi connectivity index (χ2v) is 7.24. The van der Waals surface area contributed by atoms with Crippen LogP contribution in [-0.2, 0) is 21.2 Å². The Morgan fingerprint density at radius 2 is 1.96 bits per heavy atom. The predicted octanol–water partition coefficient (Wildman–Crippen LogP) is 2.80. The molecule has 0 radical (unpaired) electrons. The van der Waals surface area contributed by atoms with Gasteiger partial charge in [-0.1, -0.05) is 11.6 Å². The Morgan fingerprint density at radius 3 is 2.65 bits per heavy atom. The Bertz CT molecular complexity index is 915. The van der Waals surface area contributed by atoms with Crippen molar-refractivity contribution in [3.63, 3.8) is 0 Å². The van der Waals surface area contributed by atoms with Crippen molar-refractivity contribution < 1.29 is 17.6 Å². The number of hydrogen-bond donors (Lipinski definition) is 1. The van der Waals surface area contributed by atoms with E-state index in [0.29, 0.717) is 5.69 Å². The molecule has 0 fully saturated rings. The first-order valence-corrected chi connectivity index (χ1v) is 8.51. The summed E-state index contributed by atoms with van der Waals surface area (Å²) in [5, 5.41) is -0.150. The lowest BCUT2D eigenvalue weighted by Crippen LogP contribution is -2.20. The van der Waals surface area contributed by atoms with E-state index in [4.69, 9.17) is 11.6 Å². The zero-order chi connectivity index (χ0) is 16.8. The quantitative estimate of drug-likeness (QED) is 0.921. The molecule has 2 aromatic rings. The number of benzene rings is 2.